The lowest BCUT2D eigenvalue weighted by Gasteiger charge is -2.10. The van der Waals surface area contributed by atoms with E-state index in [-0.39, 0.29) is 18.2 Å². The van der Waals surface area contributed by atoms with Crippen LogP contribution in [0.1, 0.15) is 5.56 Å². The highest BCUT2D eigenvalue weighted by Crippen LogP contribution is 2.19. The Morgan fingerprint density at radius 2 is 2.04 bits per heavy atom. The van der Waals surface area contributed by atoms with E-state index in [9.17, 15) is 14.9 Å². The van der Waals surface area contributed by atoms with E-state index in [2.05, 4.69) is 11.9 Å². The van der Waals surface area contributed by atoms with Crippen LogP contribution in [0.15, 0.2) is 61.2 Å². The van der Waals surface area contributed by atoms with Gasteiger partial charge in [0.05, 0.1) is 4.92 Å². The van der Waals surface area contributed by atoms with Gasteiger partial charge in [0.25, 0.3) is 11.6 Å². The molecule has 2 aromatic carbocycles. The summed E-state index contributed by atoms with van der Waals surface area (Å²) in [5, 5.41) is 13.3. The van der Waals surface area contributed by atoms with E-state index in [0.29, 0.717) is 17.9 Å². The number of nitro benzene ring substituents is 1. The molecule has 0 fully saturated rings. The number of anilines is 1. The van der Waals surface area contributed by atoms with E-state index in [4.69, 9.17) is 4.74 Å². The van der Waals surface area contributed by atoms with Gasteiger partial charge in [0, 0.05) is 17.8 Å². The molecule has 0 aliphatic rings. The molecule has 1 N–H and O–H groups in total. The van der Waals surface area contributed by atoms with E-state index in [1.54, 1.807) is 18.2 Å². The van der Waals surface area contributed by atoms with Gasteiger partial charge in [0.2, 0.25) is 0 Å². The van der Waals surface area contributed by atoms with Crippen molar-refractivity contribution < 1.29 is 14.5 Å². The number of para-hydroxylation sites is 1. The van der Waals surface area contributed by atoms with Crippen molar-refractivity contribution in [3.8, 4) is 5.75 Å². The number of hydrogen-bond donors (Lipinski definition) is 1. The van der Waals surface area contributed by atoms with Gasteiger partial charge < -0.3 is 10.1 Å². The summed E-state index contributed by atoms with van der Waals surface area (Å²) in [6, 6.07) is 13.1. The molecule has 0 radical (unpaired) electrons. The van der Waals surface area contributed by atoms with E-state index < -0.39 is 4.92 Å². The summed E-state index contributed by atoms with van der Waals surface area (Å²) < 4.78 is 5.51. The molecule has 118 valence electrons. The van der Waals surface area contributed by atoms with Gasteiger partial charge >= 0.3 is 0 Å². The van der Waals surface area contributed by atoms with Crippen LogP contribution in [-0.2, 0) is 11.2 Å². The lowest BCUT2D eigenvalue weighted by atomic mass is 10.1. The summed E-state index contributed by atoms with van der Waals surface area (Å²) >= 11 is 0. The number of non-ortho nitro benzene ring substituents is 1. The zero-order valence-electron chi connectivity index (χ0n) is 12.4. The molecule has 1 amide bonds. The van der Waals surface area contributed by atoms with Gasteiger partial charge in [-0.1, -0.05) is 30.3 Å². The van der Waals surface area contributed by atoms with Crippen molar-refractivity contribution in [3.63, 3.8) is 0 Å². The maximum absolute atomic E-state index is 11.9. The zero-order chi connectivity index (χ0) is 16.7. The molecule has 0 aromatic heterocycles. The summed E-state index contributed by atoms with van der Waals surface area (Å²) in [5.41, 5.74) is 1.21. The summed E-state index contributed by atoms with van der Waals surface area (Å²) in [5.74, 6) is 0.223. The van der Waals surface area contributed by atoms with Crippen LogP contribution in [0.25, 0.3) is 0 Å². The number of nitrogens with one attached hydrogen (secondary N) is 1. The number of hydrogen-bond acceptors (Lipinski definition) is 4. The van der Waals surface area contributed by atoms with Crippen molar-refractivity contribution in [1.29, 1.82) is 0 Å². The molecule has 0 spiro atoms. The minimum atomic E-state index is -0.516. The Morgan fingerprint density at radius 1 is 1.26 bits per heavy atom. The topological polar surface area (TPSA) is 81.5 Å². The molecule has 0 aliphatic carbocycles. The number of rotatable bonds is 7. The van der Waals surface area contributed by atoms with Gasteiger partial charge in [-0.15, -0.1) is 6.58 Å². The van der Waals surface area contributed by atoms with E-state index in [1.807, 2.05) is 18.2 Å². The number of carbonyl (C=O) groups excluding carboxylic acids is 1. The molecule has 0 unspecified atom stereocenters. The maximum atomic E-state index is 11.9. The van der Waals surface area contributed by atoms with Gasteiger partial charge in [0.15, 0.2) is 6.61 Å². The average molecular weight is 312 g/mol. The fraction of sp³-hybridized carbons (Fsp3) is 0.118. The van der Waals surface area contributed by atoms with Gasteiger partial charge in [-0.05, 0) is 24.1 Å². The Kier molecular flexibility index (Phi) is 5.46. The number of amides is 1. The molecule has 2 aromatic rings. The molecule has 0 saturated carbocycles. The third-order valence-electron chi connectivity index (χ3n) is 3.04. The predicted molar refractivity (Wildman–Crippen MR) is 87.6 cm³/mol. The monoisotopic (exact) mass is 312 g/mol. The highest BCUT2D eigenvalue weighted by molar-refractivity contribution is 5.92. The molecule has 0 heterocycles. The Labute approximate surface area is 133 Å². The van der Waals surface area contributed by atoms with E-state index in [0.717, 1.165) is 5.56 Å². The third-order valence-corrected chi connectivity index (χ3v) is 3.04. The van der Waals surface area contributed by atoms with E-state index >= 15 is 0 Å². The highest BCUT2D eigenvalue weighted by atomic mass is 16.6. The first-order chi connectivity index (χ1) is 11.1. The molecular weight excluding hydrogens is 296 g/mol. The summed E-state index contributed by atoms with van der Waals surface area (Å²) in [6.07, 6.45) is 2.40. The van der Waals surface area contributed by atoms with Crippen molar-refractivity contribution in [2.24, 2.45) is 0 Å². The first-order valence-corrected chi connectivity index (χ1v) is 6.96. The SMILES string of the molecule is C=CCc1ccccc1OCC(=O)Nc1cccc([N+](=O)[O-])c1. The lowest BCUT2D eigenvalue weighted by molar-refractivity contribution is -0.384. The fourth-order valence-corrected chi connectivity index (χ4v) is 2.01. The van der Waals surface area contributed by atoms with Crippen molar-refractivity contribution >= 4 is 17.3 Å². The molecule has 6 heteroatoms. The van der Waals surface area contributed by atoms with Gasteiger partial charge in [-0.2, -0.15) is 0 Å². The van der Waals surface area contributed by atoms with E-state index in [1.165, 1.54) is 18.2 Å². The average Bonchev–Trinajstić information content (AvgIpc) is 2.54. The second-order valence-corrected chi connectivity index (χ2v) is 4.74. The Morgan fingerprint density at radius 3 is 2.78 bits per heavy atom. The number of nitro groups is 1. The number of ether oxygens (including phenoxy) is 1. The second kappa shape index (κ2) is 7.74. The summed E-state index contributed by atoms with van der Waals surface area (Å²) in [6.45, 7) is 3.50. The quantitative estimate of drug-likeness (QED) is 0.483. The van der Waals surface area contributed by atoms with Crippen LogP contribution in [0.5, 0.6) is 5.75 Å². The molecule has 0 bridgehead atoms. The highest BCUT2D eigenvalue weighted by Gasteiger charge is 2.09. The molecule has 0 saturated heterocycles. The molecule has 2 rings (SSSR count). The minimum absolute atomic E-state index is 0.0833. The Hall–Kier alpha value is -3.15. The number of nitrogens with zero attached hydrogens (tertiary/aromatic N) is 1. The molecule has 0 atom stereocenters. The predicted octanol–water partition coefficient (Wildman–Crippen LogP) is 3.34. The van der Waals surface area contributed by atoms with Crippen LogP contribution in [0.2, 0.25) is 0 Å². The Bertz CT molecular complexity index is 728. The van der Waals surface area contributed by atoms with Gasteiger partial charge in [-0.3, -0.25) is 14.9 Å². The lowest BCUT2D eigenvalue weighted by Crippen LogP contribution is -2.20. The van der Waals surface area contributed by atoms with Gasteiger partial charge in [0.1, 0.15) is 5.75 Å². The van der Waals surface area contributed by atoms with Crippen LogP contribution in [0, 0.1) is 10.1 Å². The molecule has 6 nitrogen and oxygen atoms in total. The minimum Gasteiger partial charge on any atom is -0.483 e. The molecule has 23 heavy (non-hydrogen) atoms. The third kappa shape index (κ3) is 4.67. The number of benzene rings is 2. The first kappa shape index (κ1) is 16.2. The Balaban J connectivity index is 1.97. The van der Waals surface area contributed by atoms with Crippen molar-refractivity contribution in [2.75, 3.05) is 11.9 Å². The van der Waals surface area contributed by atoms with Crippen molar-refractivity contribution in [1.82, 2.24) is 0 Å². The van der Waals surface area contributed by atoms with Crippen LogP contribution < -0.4 is 10.1 Å². The fourth-order valence-electron chi connectivity index (χ4n) is 2.01. The van der Waals surface area contributed by atoms with Crippen molar-refractivity contribution in [2.45, 2.75) is 6.42 Å². The smallest absolute Gasteiger partial charge is 0.271 e. The van der Waals surface area contributed by atoms with Crippen LogP contribution in [0.4, 0.5) is 11.4 Å². The summed E-state index contributed by atoms with van der Waals surface area (Å²) in [4.78, 5) is 22.1. The normalized spacial score (nSPS) is 9.91. The number of allylic oxidation sites excluding steroid dienone is 1. The zero-order valence-corrected chi connectivity index (χ0v) is 12.4. The van der Waals surface area contributed by atoms with Crippen LogP contribution in [-0.4, -0.2) is 17.4 Å². The maximum Gasteiger partial charge on any atom is 0.271 e. The second-order valence-electron chi connectivity index (χ2n) is 4.74. The molecular formula is C17H16N2O4. The summed E-state index contributed by atoms with van der Waals surface area (Å²) in [7, 11) is 0. The molecule has 0 aliphatic heterocycles. The largest absolute Gasteiger partial charge is 0.483 e. The first-order valence-electron chi connectivity index (χ1n) is 6.96. The van der Waals surface area contributed by atoms with Gasteiger partial charge in [-0.25, -0.2) is 0 Å². The number of carbonyl (C=O) groups is 1. The van der Waals surface area contributed by atoms with Crippen molar-refractivity contribution in [3.05, 3.63) is 76.9 Å². The van der Waals surface area contributed by atoms with Crippen LogP contribution in [0.3, 0.4) is 0 Å². The standard InChI is InChI=1S/C17H16N2O4/c1-2-6-13-7-3-4-10-16(13)23-12-17(20)18-14-8-5-9-15(11-14)19(21)22/h2-5,7-11H,1,6,12H2,(H,18,20). The van der Waals surface area contributed by atoms with Crippen LogP contribution >= 0.6 is 0 Å².